The molecule has 0 aliphatic carbocycles. The number of nitrogens with zero attached hydrogens (tertiary/aromatic N) is 5. The fourth-order valence-corrected chi connectivity index (χ4v) is 2.27. The van der Waals surface area contributed by atoms with Crippen LogP contribution in [-0.2, 0) is 13.2 Å². The van der Waals surface area contributed by atoms with Gasteiger partial charge in [0, 0.05) is 13.2 Å². The number of nitrogens with one attached hydrogen (secondary N) is 1. The van der Waals surface area contributed by atoms with Crippen LogP contribution in [0.5, 0.6) is 0 Å². The molecule has 0 fully saturated rings. The van der Waals surface area contributed by atoms with Gasteiger partial charge in [-0.3, -0.25) is 9.67 Å². The molecule has 0 radical (unpaired) electrons. The number of aromatic nitrogens is 5. The molecule has 0 bridgehead atoms. The molecule has 0 unspecified atom stereocenters. The standard InChI is InChI=1S/C14H14F3N7/c1-7(8-3-4-10(19-5-8)14(15,16)17)21-11-9-6-20-24(2)12(9)23-13(18)22-11/h3-7H,1-2H3,(H3,18,21,22,23)/t7-/m1/s1. The maximum absolute atomic E-state index is 12.6. The maximum atomic E-state index is 12.6. The van der Waals surface area contributed by atoms with Crippen molar-refractivity contribution in [3.63, 3.8) is 0 Å². The average Bonchev–Trinajstić information content (AvgIpc) is 2.88. The number of halogens is 3. The zero-order valence-corrected chi connectivity index (χ0v) is 12.8. The van der Waals surface area contributed by atoms with Crippen molar-refractivity contribution in [3.8, 4) is 0 Å². The molecule has 0 amide bonds. The Labute approximate surface area is 134 Å². The van der Waals surface area contributed by atoms with Crippen molar-refractivity contribution in [2.45, 2.75) is 19.1 Å². The molecule has 3 aromatic rings. The van der Waals surface area contributed by atoms with Gasteiger partial charge in [-0.25, -0.2) is 0 Å². The van der Waals surface area contributed by atoms with E-state index >= 15 is 0 Å². The SMILES string of the molecule is C[C@@H](Nc1nc(N)nc2c1cnn2C)c1ccc(C(F)(F)F)nc1. The molecule has 0 aromatic carbocycles. The van der Waals surface area contributed by atoms with Crippen LogP contribution in [-0.4, -0.2) is 24.7 Å². The number of anilines is 2. The summed E-state index contributed by atoms with van der Waals surface area (Å²) in [6, 6.07) is 1.98. The second-order valence-electron chi connectivity index (χ2n) is 5.28. The molecule has 0 saturated carbocycles. The highest BCUT2D eigenvalue weighted by molar-refractivity contribution is 5.87. The summed E-state index contributed by atoms with van der Waals surface area (Å²) in [7, 11) is 1.72. The average molecular weight is 337 g/mol. The lowest BCUT2D eigenvalue weighted by Crippen LogP contribution is -2.12. The summed E-state index contributed by atoms with van der Waals surface area (Å²) in [4.78, 5) is 11.7. The summed E-state index contributed by atoms with van der Waals surface area (Å²) in [6.45, 7) is 1.78. The predicted octanol–water partition coefficient (Wildman–Crippen LogP) is 2.53. The molecular weight excluding hydrogens is 323 g/mol. The second-order valence-corrected chi connectivity index (χ2v) is 5.28. The lowest BCUT2D eigenvalue weighted by Gasteiger charge is -2.16. The van der Waals surface area contributed by atoms with Crippen molar-refractivity contribution >= 4 is 22.8 Å². The molecule has 0 saturated heterocycles. The predicted molar refractivity (Wildman–Crippen MR) is 82.0 cm³/mol. The Morgan fingerprint density at radius 3 is 2.58 bits per heavy atom. The van der Waals surface area contributed by atoms with Gasteiger partial charge in [0.25, 0.3) is 0 Å². The molecule has 0 aliphatic heterocycles. The number of aryl methyl sites for hydroxylation is 1. The monoisotopic (exact) mass is 337 g/mol. The molecule has 7 nitrogen and oxygen atoms in total. The molecular formula is C14H14F3N7. The minimum atomic E-state index is -4.46. The van der Waals surface area contributed by atoms with Crippen LogP contribution in [0.25, 0.3) is 11.0 Å². The fraction of sp³-hybridized carbons (Fsp3) is 0.286. The van der Waals surface area contributed by atoms with Crippen molar-refractivity contribution in [1.29, 1.82) is 0 Å². The molecule has 3 heterocycles. The molecule has 10 heteroatoms. The lowest BCUT2D eigenvalue weighted by molar-refractivity contribution is -0.141. The zero-order valence-electron chi connectivity index (χ0n) is 12.8. The van der Waals surface area contributed by atoms with Gasteiger partial charge in [0.2, 0.25) is 5.95 Å². The maximum Gasteiger partial charge on any atom is 0.433 e. The minimum absolute atomic E-state index is 0.0753. The van der Waals surface area contributed by atoms with Crippen LogP contribution >= 0.6 is 0 Å². The van der Waals surface area contributed by atoms with Crippen LogP contribution in [0.4, 0.5) is 24.9 Å². The van der Waals surface area contributed by atoms with E-state index in [4.69, 9.17) is 5.73 Å². The Balaban J connectivity index is 1.88. The third-order valence-electron chi connectivity index (χ3n) is 3.54. The number of alkyl halides is 3. The molecule has 24 heavy (non-hydrogen) atoms. The second kappa shape index (κ2) is 5.62. The number of fused-ring (bicyclic) bond motifs is 1. The topological polar surface area (TPSA) is 94.5 Å². The number of nitrogen functional groups attached to an aromatic ring is 1. The van der Waals surface area contributed by atoms with Gasteiger partial charge in [-0.1, -0.05) is 6.07 Å². The number of pyridine rings is 1. The van der Waals surface area contributed by atoms with E-state index in [1.54, 1.807) is 24.9 Å². The quantitative estimate of drug-likeness (QED) is 0.763. The van der Waals surface area contributed by atoms with Crippen LogP contribution in [0.15, 0.2) is 24.5 Å². The number of nitrogens with two attached hydrogens (primary N) is 1. The Morgan fingerprint density at radius 1 is 1.21 bits per heavy atom. The van der Waals surface area contributed by atoms with E-state index in [1.165, 1.54) is 12.3 Å². The highest BCUT2D eigenvalue weighted by Gasteiger charge is 2.32. The van der Waals surface area contributed by atoms with Gasteiger partial charge in [0.05, 0.1) is 17.6 Å². The third kappa shape index (κ3) is 2.94. The molecule has 1 atom stereocenters. The first-order valence-corrected chi connectivity index (χ1v) is 7.00. The highest BCUT2D eigenvalue weighted by Crippen LogP contribution is 2.29. The lowest BCUT2D eigenvalue weighted by atomic mass is 10.1. The molecule has 0 spiro atoms. The van der Waals surface area contributed by atoms with Gasteiger partial charge < -0.3 is 11.1 Å². The van der Waals surface area contributed by atoms with Crippen molar-refractivity contribution < 1.29 is 13.2 Å². The Morgan fingerprint density at radius 2 is 1.96 bits per heavy atom. The van der Waals surface area contributed by atoms with Crippen LogP contribution in [0.3, 0.4) is 0 Å². The van der Waals surface area contributed by atoms with Gasteiger partial charge in [-0.15, -0.1) is 0 Å². The first-order chi connectivity index (χ1) is 11.3. The van der Waals surface area contributed by atoms with E-state index in [0.29, 0.717) is 22.4 Å². The van der Waals surface area contributed by atoms with Crippen molar-refractivity contribution in [2.75, 3.05) is 11.1 Å². The summed E-state index contributed by atoms with van der Waals surface area (Å²) < 4.78 is 39.3. The minimum Gasteiger partial charge on any atom is -0.368 e. The number of hydrogen-bond acceptors (Lipinski definition) is 6. The van der Waals surface area contributed by atoms with E-state index in [0.717, 1.165) is 6.07 Å². The molecule has 0 aliphatic rings. The van der Waals surface area contributed by atoms with Gasteiger partial charge in [0.15, 0.2) is 5.65 Å². The van der Waals surface area contributed by atoms with Crippen LogP contribution < -0.4 is 11.1 Å². The van der Waals surface area contributed by atoms with Gasteiger partial charge >= 0.3 is 6.18 Å². The number of rotatable bonds is 3. The summed E-state index contributed by atoms with van der Waals surface area (Å²) in [6.07, 6.45) is -1.68. The van der Waals surface area contributed by atoms with Gasteiger partial charge in [-0.05, 0) is 18.6 Å². The molecule has 3 aromatic heterocycles. The van der Waals surface area contributed by atoms with Crippen LogP contribution in [0.2, 0.25) is 0 Å². The molecule has 126 valence electrons. The summed E-state index contributed by atoms with van der Waals surface area (Å²) >= 11 is 0. The van der Waals surface area contributed by atoms with Crippen LogP contribution in [0, 0.1) is 0 Å². The van der Waals surface area contributed by atoms with E-state index in [-0.39, 0.29) is 12.0 Å². The van der Waals surface area contributed by atoms with Gasteiger partial charge in [0.1, 0.15) is 11.5 Å². The largest absolute Gasteiger partial charge is 0.433 e. The summed E-state index contributed by atoms with van der Waals surface area (Å²) in [5.74, 6) is 0.532. The normalized spacial score (nSPS) is 13.2. The van der Waals surface area contributed by atoms with E-state index < -0.39 is 11.9 Å². The summed E-state index contributed by atoms with van der Waals surface area (Å²) in [5.41, 5.74) is 5.90. The molecule has 3 N–H and O–H groups in total. The van der Waals surface area contributed by atoms with E-state index in [2.05, 4.69) is 25.4 Å². The molecule has 3 rings (SSSR count). The highest BCUT2D eigenvalue weighted by atomic mass is 19.4. The Hall–Kier alpha value is -2.91. The Kier molecular flexibility index (Phi) is 3.74. The first kappa shape index (κ1) is 16.0. The smallest absolute Gasteiger partial charge is 0.368 e. The third-order valence-corrected chi connectivity index (χ3v) is 3.54. The van der Waals surface area contributed by atoms with Gasteiger partial charge in [-0.2, -0.15) is 28.2 Å². The number of hydrogen-bond donors (Lipinski definition) is 2. The van der Waals surface area contributed by atoms with E-state index in [1.807, 2.05) is 0 Å². The van der Waals surface area contributed by atoms with Crippen molar-refractivity contribution in [2.24, 2.45) is 7.05 Å². The fourth-order valence-electron chi connectivity index (χ4n) is 2.27. The van der Waals surface area contributed by atoms with E-state index in [9.17, 15) is 13.2 Å². The Bertz CT molecular complexity index is 870. The van der Waals surface area contributed by atoms with Crippen molar-refractivity contribution in [1.82, 2.24) is 24.7 Å². The zero-order chi connectivity index (χ0) is 17.5. The van der Waals surface area contributed by atoms with Crippen LogP contribution in [0.1, 0.15) is 24.2 Å². The first-order valence-electron chi connectivity index (χ1n) is 7.00. The summed E-state index contributed by atoms with van der Waals surface area (Å²) in [5, 5.41) is 7.87. The van der Waals surface area contributed by atoms with Crippen molar-refractivity contribution in [3.05, 3.63) is 35.8 Å².